The molecule has 0 atom stereocenters. The van der Waals surface area contributed by atoms with E-state index in [-0.39, 0.29) is 22.6 Å². The maximum absolute atomic E-state index is 12.1. The molecule has 0 aliphatic heterocycles. The minimum absolute atomic E-state index is 0.0259. The van der Waals surface area contributed by atoms with E-state index in [1.54, 1.807) is 13.8 Å². The van der Waals surface area contributed by atoms with Gasteiger partial charge in [-0.3, -0.25) is 9.59 Å². The molecule has 0 aromatic carbocycles. The number of rotatable bonds is 3. The molecule has 20 heavy (non-hydrogen) atoms. The number of aromatic nitrogens is 3. The highest BCUT2D eigenvalue weighted by Gasteiger charge is 2.21. The molecule has 104 valence electrons. The zero-order valence-electron chi connectivity index (χ0n) is 10.8. The predicted octanol–water partition coefficient (Wildman–Crippen LogP) is 0.665. The number of aryl methyl sites for hydroxylation is 1. The normalized spacial score (nSPS) is 10.3. The summed E-state index contributed by atoms with van der Waals surface area (Å²) < 4.78 is 0. The summed E-state index contributed by atoms with van der Waals surface area (Å²) >= 11 is 0. The van der Waals surface area contributed by atoms with E-state index >= 15 is 0 Å². The zero-order chi connectivity index (χ0) is 14.9. The van der Waals surface area contributed by atoms with Gasteiger partial charge in [-0.2, -0.15) is 5.10 Å². The van der Waals surface area contributed by atoms with Crippen molar-refractivity contribution in [2.45, 2.75) is 13.8 Å². The molecule has 4 N–H and O–H groups in total. The lowest BCUT2D eigenvalue weighted by molar-refractivity contribution is 0.0690. The number of anilines is 1. The highest BCUT2D eigenvalue weighted by molar-refractivity contribution is 6.07. The third-order valence-electron chi connectivity index (χ3n) is 2.80. The van der Waals surface area contributed by atoms with Crippen molar-refractivity contribution in [1.29, 1.82) is 0 Å². The van der Waals surface area contributed by atoms with Gasteiger partial charge in [0.25, 0.3) is 11.5 Å². The van der Waals surface area contributed by atoms with E-state index in [1.807, 2.05) is 0 Å². The van der Waals surface area contributed by atoms with Gasteiger partial charge >= 0.3 is 5.97 Å². The fraction of sp³-hybridized carbons (Fsp3) is 0.167. The SMILES string of the molecule is Cc1[nH]c(C(=O)O)c(C)c1C(=O)Nc1ccc(=O)[nH]n1. The molecule has 2 aromatic rings. The summed E-state index contributed by atoms with van der Waals surface area (Å²) in [6.07, 6.45) is 0. The second kappa shape index (κ2) is 5.00. The number of aromatic carboxylic acids is 1. The monoisotopic (exact) mass is 276 g/mol. The minimum atomic E-state index is -1.13. The third kappa shape index (κ3) is 2.44. The lowest BCUT2D eigenvalue weighted by atomic mass is 10.1. The van der Waals surface area contributed by atoms with Crippen LogP contribution in [-0.2, 0) is 0 Å². The molecule has 2 rings (SSSR count). The number of nitrogens with one attached hydrogen (secondary N) is 3. The molecule has 2 aromatic heterocycles. The van der Waals surface area contributed by atoms with Crippen molar-refractivity contribution in [3.63, 3.8) is 0 Å². The van der Waals surface area contributed by atoms with Crippen LogP contribution < -0.4 is 10.9 Å². The second-order valence-corrected chi connectivity index (χ2v) is 4.19. The molecular formula is C12H12N4O4. The summed E-state index contributed by atoms with van der Waals surface area (Å²) in [7, 11) is 0. The molecule has 0 saturated heterocycles. The lowest BCUT2D eigenvalue weighted by Gasteiger charge is -2.04. The first-order valence-electron chi connectivity index (χ1n) is 5.69. The van der Waals surface area contributed by atoms with Gasteiger partial charge in [0.15, 0.2) is 5.82 Å². The van der Waals surface area contributed by atoms with Gasteiger partial charge < -0.3 is 15.4 Å². The van der Waals surface area contributed by atoms with Gasteiger partial charge in [-0.15, -0.1) is 0 Å². The van der Waals surface area contributed by atoms with Crippen molar-refractivity contribution in [2.75, 3.05) is 5.32 Å². The molecular weight excluding hydrogens is 264 g/mol. The quantitative estimate of drug-likeness (QED) is 0.654. The molecule has 0 fully saturated rings. The van der Waals surface area contributed by atoms with Gasteiger partial charge in [0.2, 0.25) is 0 Å². The second-order valence-electron chi connectivity index (χ2n) is 4.19. The lowest BCUT2D eigenvalue weighted by Crippen LogP contribution is -2.17. The van der Waals surface area contributed by atoms with E-state index < -0.39 is 11.9 Å². The molecule has 0 radical (unpaired) electrons. The average molecular weight is 276 g/mol. The van der Waals surface area contributed by atoms with Crippen LogP contribution in [0.25, 0.3) is 0 Å². The number of carboxylic acid groups (broad SMARTS) is 1. The van der Waals surface area contributed by atoms with Crippen molar-refractivity contribution in [3.05, 3.63) is 45.0 Å². The maximum Gasteiger partial charge on any atom is 0.352 e. The van der Waals surface area contributed by atoms with Crippen LogP contribution in [0.3, 0.4) is 0 Å². The van der Waals surface area contributed by atoms with E-state index in [9.17, 15) is 14.4 Å². The summed E-state index contributed by atoms with van der Waals surface area (Å²) in [5, 5.41) is 17.3. The first-order chi connectivity index (χ1) is 9.40. The fourth-order valence-electron chi connectivity index (χ4n) is 1.90. The topological polar surface area (TPSA) is 128 Å². The van der Waals surface area contributed by atoms with Crippen molar-refractivity contribution in [2.24, 2.45) is 0 Å². The number of carbonyl (C=O) groups excluding carboxylic acids is 1. The van der Waals surface area contributed by atoms with E-state index in [4.69, 9.17) is 5.11 Å². The molecule has 0 aliphatic carbocycles. The Morgan fingerprint density at radius 3 is 2.50 bits per heavy atom. The van der Waals surface area contributed by atoms with Crippen LogP contribution in [-0.4, -0.2) is 32.2 Å². The molecule has 2 heterocycles. The van der Waals surface area contributed by atoms with Crippen LogP contribution in [0.2, 0.25) is 0 Å². The Morgan fingerprint density at radius 2 is 2.00 bits per heavy atom. The summed E-state index contributed by atoms with van der Waals surface area (Å²) in [5.74, 6) is -1.46. The Bertz CT molecular complexity index is 724. The number of aromatic amines is 2. The predicted molar refractivity (Wildman–Crippen MR) is 70.0 cm³/mol. The highest BCUT2D eigenvalue weighted by atomic mass is 16.4. The van der Waals surface area contributed by atoms with Crippen LogP contribution in [0.15, 0.2) is 16.9 Å². The Labute approximate surface area is 112 Å². The van der Waals surface area contributed by atoms with Crippen LogP contribution in [0.4, 0.5) is 5.82 Å². The zero-order valence-corrected chi connectivity index (χ0v) is 10.8. The third-order valence-corrected chi connectivity index (χ3v) is 2.80. The summed E-state index contributed by atoms with van der Waals surface area (Å²) in [4.78, 5) is 36.6. The van der Waals surface area contributed by atoms with Crippen LogP contribution in [0.1, 0.15) is 32.1 Å². The molecule has 8 nitrogen and oxygen atoms in total. The maximum atomic E-state index is 12.1. The van der Waals surface area contributed by atoms with Crippen molar-refractivity contribution < 1.29 is 14.7 Å². The minimum Gasteiger partial charge on any atom is -0.477 e. The standard InChI is InChI=1S/C12H12N4O4/c1-5-9(6(2)13-10(5)12(19)20)11(18)14-7-3-4-8(17)16-15-7/h3-4,13H,1-2H3,(H,16,17)(H,19,20)(H,14,15,18). The molecule has 0 spiro atoms. The van der Waals surface area contributed by atoms with E-state index in [1.165, 1.54) is 12.1 Å². The average Bonchev–Trinajstić information content (AvgIpc) is 2.68. The number of nitrogens with zero attached hydrogens (tertiary/aromatic N) is 1. The first kappa shape index (κ1) is 13.5. The number of H-pyrrole nitrogens is 2. The molecule has 1 amide bonds. The number of carboxylic acids is 1. The van der Waals surface area contributed by atoms with Crippen molar-refractivity contribution in [3.8, 4) is 0 Å². The van der Waals surface area contributed by atoms with Gasteiger partial charge in [0, 0.05) is 11.8 Å². The van der Waals surface area contributed by atoms with Gasteiger partial charge in [-0.25, -0.2) is 9.89 Å². The molecule has 0 bridgehead atoms. The van der Waals surface area contributed by atoms with E-state index in [0.29, 0.717) is 11.3 Å². The van der Waals surface area contributed by atoms with Crippen molar-refractivity contribution in [1.82, 2.24) is 15.2 Å². The van der Waals surface area contributed by atoms with Crippen LogP contribution in [0, 0.1) is 13.8 Å². The van der Waals surface area contributed by atoms with Gasteiger partial charge in [0.1, 0.15) is 5.69 Å². The first-order valence-corrected chi connectivity index (χ1v) is 5.69. The highest BCUT2D eigenvalue weighted by Crippen LogP contribution is 2.19. The van der Waals surface area contributed by atoms with E-state index in [2.05, 4.69) is 20.5 Å². The Morgan fingerprint density at radius 1 is 1.30 bits per heavy atom. The summed E-state index contributed by atoms with van der Waals surface area (Å²) in [5.41, 5.74) is 0.626. The molecule has 0 aliphatic rings. The van der Waals surface area contributed by atoms with E-state index in [0.717, 1.165) is 0 Å². The van der Waals surface area contributed by atoms with Gasteiger partial charge in [-0.1, -0.05) is 0 Å². The number of hydrogen-bond donors (Lipinski definition) is 4. The Balaban J connectivity index is 2.32. The summed E-state index contributed by atoms with van der Waals surface area (Å²) in [6, 6.07) is 2.58. The molecule has 0 unspecified atom stereocenters. The molecule has 0 saturated carbocycles. The Hall–Kier alpha value is -2.90. The molecule has 8 heteroatoms. The number of carbonyl (C=O) groups is 2. The van der Waals surface area contributed by atoms with Gasteiger partial charge in [-0.05, 0) is 25.5 Å². The van der Waals surface area contributed by atoms with Crippen molar-refractivity contribution >= 4 is 17.7 Å². The number of amides is 1. The summed E-state index contributed by atoms with van der Waals surface area (Å²) in [6.45, 7) is 3.15. The Kier molecular flexibility index (Phi) is 3.38. The fourth-order valence-corrected chi connectivity index (χ4v) is 1.90. The number of hydrogen-bond acceptors (Lipinski definition) is 4. The van der Waals surface area contributed by atoms with Gasteiger partial charge in [0.05, 0.1) is 5.56 Å². The largest absolute Gasteiger partial charge is 0.477 e. The van der Waals surface area contributed by atoms with Crippen LogP contribution in [0.5, 0.6) is 0 Å². The smallest absolute Gasteiger partial charge is 0.352 e. The van der Waals surface area contributed by atoms with Crippen LogP contribution >= 0.6 is 0 Å².